The maximum absolute atomic E-state index is 4.42. The van der Waals surface area contributed by atoms with Crippen LogP contribution in [0.4, 0.5) is 0 Å². The highest BCUT2D eigenvalue weighted by Gasteiger charge is 2.21. The lowest BCUT2D eigenvalue weighted by Gasteiger charge is -2.31. The Labute approximate surface area is 181 Å². The highest BCUT2D eigenvalue weighted by atomic mass is 32.1. The molecule has 0 bridgehead atoms. The Morgan fingerprint density at radius 3 is 2.67 bits per heavy atom. The minimum atomic E-state index is 0.637. The summed E-state index contributed by atoms with van der Waals surface area (Å²) in [5.74, 6) is 0.637. The summed E-state index contributed by atoms with van der Waals surface area (Å²) in [5.41, 5.74) is 4.91. The molecule has 2 aromatic heterocycles. The molecular weight excluding hydrogens is 390 g/mol. The molecule has 0 unspecified atom stereocenters. The van der Waals surface area contributed by atoms with Crippen LogP contribution in [-0.2, 0) is 13.0 Å². The van der Waals surface area contributed by atoms with Gasteiger partial charge in [0, 0.05) is 24.5 Å². The number of piperidine rings is 1. The third-order valence-corrected chi connectivity index (χ3v) is 6.58. The number of hydrogen-bond donors (Lipinski definition) is 0. The number of benzene rings is 2. The summed E-state index contributed by atoms with van der Waals surface area (Å²) in [7, 11) is 0. The molecule has 4 aromatic rings. The molecular formula is C24H25N5S. The highest BCUT2D eigenvalue weighted by Crippen LogP contribution is 2.29. The number of aromatic nitrogens is 4. The van der Waals surface area contributed by atoms with Gasteiger partial charge in [-0.2, -0.15) is 0 Å². The molecule has 0 saturated carbocycles. The SMILES string of the molecule is c1ccc(-n2cc(CN3CCC(c4cccc(Cc5nccs5)c4)CC3)nn2)cc1. The van der Waals surface area contributed by atoms with Crippen LogP contribution >= 0.6 is 11.3 Å². The highest BCUT2D eigenvalue weighted by molar-refractivity contribution is 7.09. The molecule has 0 aliphatic carbocycles. The van der Waals surface area contributed by atoms with Crippen LogP contribution < -0.4 is 0 Å². The van der Waals surface area contributed by atoms with Gasteiger partial charge >= 0.3 is 0 Å². The van der Waals surface area contributed by atoms with Crippen molar-refractivity contribution < 1.29 is 0 Å². The molecule has 6 heteroatoms. The Morgan fingerprint density at radius 2 is 1.87 bits per heavy atom. The first kappa shape index (κ1) is 19.2. The van der Waals surface area contributed by atoms with E-state index >= 15 is 0 Å². The van der Waals surface area contributed by atoms with Crippen LogP contribution in [0, 0.1) is 0 Å². The molecule has 1 aliphatic heterocycles. The fourth-order valence-electron chi connectivity index (χ4n) is 4.20. The molecule has 0 radical (unpaired) electrons. The zero-order valence-corrected chi connectivity index (χ0v) is 17.7. The second-order valence-corrected chi connectivity index (χ2v) is 8.87. The van der Waals surface area contributed by atoms with Crippen molar-refractivity contribution in [2.45, 2.75) is 31.7 Å². The summed E-state index contributed by atoms with van der Waals surface area (Å²) < 4.78 is 1.86. The first-order chi connectivity index (χ1) is 14.8. The lowest BCUT2D eigenvalue weighted by molar-refractivity contribution is 0.202. The number of para-hydroxylation sites is 1. The van der Waals surface area contributed by atoms with Crippen molar-refractivity contribution in [1.82, 2.24) is 24.9 Å². The van der Waals surface area contributed by atoms with Crippen molar-refractivity contribution in [3.05, 3.63) is 94.2 Å². The number of thiazole rings is 1. The molecule has 1 aliphatic rings. The van der Waals surface area contributed by atoms with Crippen LogP contribution in [0.2, 0.25) is 0 Å². The summed E-state index contributed by atoms with van der Waals surface area (Å²) in [5, 5.41) is 11.9. The summed E-state index contributed by atoms with van der Waals surface area (Å²) in [6.07, 6.45) is 7.24. The second-order valence-electron chi connectivity index (χ2n) is 7.89. The average Bonchev–Trinajstić information content (AvgIpc) is 3.48. The number of rotatable bonds is 6. The molecule has 30 heavy (non-hydrogen) atoms. The first-order valence-electron chi connectivity index (χ1n) is 10.5. The maximum Gasteiger partial charge on any atom is 0.0971 e. The Balaban J connectivity index is 1.17. The summed E-state index contributed by atoms with van der Waals surface area (Å²) in [4.78, 5) is 6.92. The zero-order chi connectivity index (χ0) is 20.2. The van der Waals surface area contributed by atoms with E-state index in [4.69, 9.17) is 0 Å². The molecule has 0 amide bonds. The van der Waals surface area contributed by atoms with Gasteiger partial charge < -0.3 is 0 Å². The largest absolute Gasteiger partial charge is 0.297 e. The van der Waals surface area contributed by atoms with Crippen molar-refractivity contribution in [3.8, 4) is 5.69 Å². The smallest absolute Gasteiger partial charge is 0.0971 e. The lowest BCUT2D eigenvalue weighted by Crippen LogP contribution is -2.32. The molecule has 0 atom stereocenters. The van der Waals surface area contributed by atoms with Crippen molar-refractivity contribution in [3.63, 3.8) is 0 Å². The average molecular weight is 416 g/mol. The van der Waals surface area contributed by atoms with Gasteiger partial charge in [-0.1, -0.05) is 47.7 Å². The van der Waals surface area contributed by atoms with Gasteiger partial charge in [0.2, 0.25) is 0 Å². The molecule has 5 rings (SSSR count). The predicted molar refractivity (Wildman–Crippen MR) is 120 cm³/mol. The summed E-state index contributed by atoms with van der Waals surface area (Å²) in [6.45, 7) is 3.06. The molecule has 152 valence electrons. The van der Waals surface area contributed by atoms with Crippen molar-refractivity contribution in [2.75, 3.05) is 13.1 Å². The van der Waals surface area contributed by atoms with Crippen molar-refractivity contribution in [1.29, 1.82) is 0 Å². The van der Waals surface area contributed by atoms with Crippen LogP contribution in [0.5, 0.6) is 0 Å². The van der Waals surface area contributed by atoms with Gasteiger partial charge in [0.15, 0.2) is 0 Å². The maximum atomic E-state index is 4.42. The fraction of sp³-hybridized carbons (Fsp3) is 0.292. The number of hydrogen-bond acceptors (Lipinski definition) is 5. The predicted octanol–water partition coefficient (Wildman–Crippen LogP) is 4.69. The first-order valence-corrected chi connectivity index (χ1v) is 11.4. The standard InChI is InChI=1S/C24H25N5S/c1-2-7-23(8-3-1)29-18-22(26-27-29)17-28-12-9-20(10-13-28)21-6-4-5-19(15-21)16-24-25-11-14-30-24/h1-8,11,14-15,18,20H,9-10,12-13,16-17H2. The van der Waals surface area contributed by atoms with E-state index in [0.29, 0.717) is 5.92 Å². The Hall–Kier alpha value is -2.83. The van der Waals surface area contributed by atoms with E-state index in [1.807, 2.05) is 52.8 Å². The monoisotopic (exact) mass is 415 g/mol. The van der Waals surface area contributed by atoms with Crippen LogP contribution in [0.25, 0.3) is 5.69 Å². The quantitative estimate of drug-likeness (QED) is 0.458. The minimum Gasteiger partial charge on any atom is -0.297 e. The molecule has 0 N–H and O–H groups in total. The number of nitrogens with zero attached hydrogens (tertiary/aromatic N) is 5. The van der Waals surface area contributed by atoms with E-state index in [-0.39, 0.29) is 0 Å². The van der Waals surface area contributed by atoms with Crippen molar-refractivity contribution in [2.24, 2.45) is 0 Å². The Bertz CT molecular complexity index is 1070. The second kappa shape index (κ2) is 8.90. The van der Waals surface area contributed by atoms with E-state index in [1.165, 1.54) is 29.0 Å². The van der Waals surface area contributed by atoms with Gasteiger partial charge in [-0.15, -0.1) is 16.4 Å². The summed E-state index contributed by atoms with van der Waals surface area (Å²) >= 11 is 1.73. The van der Waals surface area contributed by atoms with Gasteiger partial charge in [-0.05, 0) is 55.1 Å². The zero-order valence-electron chi connectivity index (χ0n) is 16.9. The summed E-state index contributed by atoms with van der Waals surface area (Å²) in [6, 6.07) is 19.2. The third kappa shape index (κ3) is 4.50. The Morgan fingerprint density at radius 1 is 1.00 bits per heavy atom. The Kier molecular flexibility index (Phi) is 5.68. The number of likely N-dealkylation sites (tertiary alicyclic amines) is 1. The molecule has 1 saturated heterocycles. The fourth-order valence-corrected chi connectivity index (χ4v) is 4.85. The van der Waals surface area contributed by atoms with Crippen LogP contribution in [0.3, 0.4) is 0 Å². The minimum absolute atomic E-state index is 0.637. The topological polar surface area (TPSA) is 46.8 Å². The van der Waals surface area contributed by atoms with Gasteiger partial charge in [-0.3, -0.25) is 4.90 Å². The molecule has 2 aromatic carbocycles. The molecule has 0 spiro atoms. The molecule has 3 heterocycles. The van der Waals surface area contributed by atoms with E-state index < -0.39 is 0 Å². The lowest BCUT2D eigenvalue weighted by atomic mass is 9.88. The van der Waals surface area contributed by atoms with Gasteiger partial charge in [0.1, 0.15) is 0 Å². The van der Waals surface area contributed by atoms with E-state index in [9.17, 15) is 0 Å². The van der Waals surface area contributed by atoms with E-state index in [1.54, 1.807) is 11.3 Å². The third-order valence-electron chi connectivity index (χ3n) is 5.80. The van der Waals surface area contributed by atoms with Gasteiger partial charge in [0.05, 0.1) is 22.6 Å². The van der Waals surface area contributed by atoms with Gasteiger partial charge in [-0.25, -0.2) is 9.67 Å². The molecule has 5 nitrogen and oxygen atoms in total. The van der Waals surface area contributed by atoms with Crippen molar-refractivity contribution >= 4 is 11.3 Å². The van der Waals surface area contributed by atoms with Crippen LogP contribution in [0.15, 0.2) is 72.4 Å². The van der Waals surface area contributed by atoms with Gasteiger partial charge in [0.25, 0.3) is 0 Å². The van der Waals surface area contributed by atoms with E-state index in [0.717, 1.165) is 37.4 Å². The van der Waals surface area contributed by atoms with Crippen LogP contribution in [-0.4, -0.2) is 38.0 Å². The normalized spacial score (nSPS) is 15.5. The molecule has 1 fully saturated rings. The van der Waals surface area contributed by atoms with E-state index in [2.05, 4.69) is 44.5 Å². The van der Waals surface area contributed by atoms with Crippen LogP contribution in [0.1, 0.15) is 40.6 Å².